The van der Waals surface area contributed by atoms with Gasteiger partial charge in [0.05, 0.1) is 11.1 Å². The van der Waals surface area contributed by atoms with Crippen molar-refractivity contribution in [1.29, 1.82) is 5.26 Å². The molecule has 2 nitrogen and oxygen atoms in total. The highest BCUT2D eigenvalue weighted by Crippen LogP contribution is 2.40. The molecular weight excluding hydrogens is 172 g/mol. The number of aromatic nitrogens is 1. The summed E-state index contributed by atoms with van der Waals surface area (Å²) in [4.78, 5) is 0. The molecule has 2 aromatic rings. The van der Waals surface area contributed by atoms with Crippen LogP contribution in [0.2, 0.25) is 0 Å². The van der Waals surface area contributed by atoms with Crippen molar-refractivity contribution < 1.29 is 0 Å². The zero-order valence-electron chi connectivity index (χ0n) is 7.77. The van der Waals surface area contributed by atoms with Gasteiger partial charge < -0.3 is 4.40 Å². The Labute approximate surface area is 82.4 Å². The Bertz CT molecular complexity index is 527. The Morgan fingerprint density at radius 2 is 2.07 bits per heavy atom. The molecule has 68 valence electrons. The van der Waals surface area contributed by atoms with Crippen LogP contribution in [-0.4, -0.2) is 4.40 Å². The molecule has 2 heteroatoms. The normalized spacial score (nSPS) is 15.6. The van der Waals surface area contributed by atoms with Crippen LogP contribution in [-0.2, 0) is 0 Å². The van der Waals surface area contributed by atoms with Gasteiger partial charge in [-0.05, 0) is 42.5 Å². The fourth-order valence-corrected chi connectivity index (χ4v) is 1.88. The highest BCUT2D eigenvalue weighted by Gasteiger charge is 2.23. The minimum atomic E-state index is 0.751. The lowest BCUT2D eigenvalue weighted by Crippen LogP contribution is -1.86. The first-order valence-electron chi connectivity index (χ1n) is 4.89. The van der Waals surface area contributed by atoms with Crippen LogP contribution in [0, 0.1) is 11.3 Å². The van der Waals surface area contributed by atoms with Crippen molar-refractivity contribution >= 4 is 5.52 Å². The van der Waals surface area contributed by atoms with E-state index in [0.29, 0.717) is 0 Å². The van der Waals surface area contributed by atoms with E-state index >= 15 is 0 Å². The lowest BCUT2D eigenvalue weighted by atomic mass is 10.1. The molecule has 1 fully saturated rings. The smallest absolute Gasteiger partial charge is 0.101 e. The van der Waals surface area contributed by atoms with Crippen molar-refractivity contribution in [2.75, 3.05) is 0 Å². The number of hydrogen-bond acceptors (Lipinski definition) is 1. The molecule has 2 aromatic heterocycles. The fraction of sp³-hybridized carbons (Fsp3) is 0.250. The summed E-state index contributed by atoms with van der Waals surface area (Å²) in [5, 5.41) is 8.91. The number of hydrogen-bond donors (Lipinski definition) is 0. The Morgan fingerprint density at radius 3 is 2.79 bits per heavy atom. The average molecular weight is 182 g/mol. The minimum Gasteiger partial charge on any atom is -0.323 e. The number of nitrogens with zero attached hydrogens (tertiary/aromatic N) is 2. The van der Waals surface area contributed by atoms with Crippen LogP contribution in [0.5, 0.6) is 0 Å². The van der Waals surface area contributed by atoms with Crippen molar-refractivity contribution in [3.05, 3.63) is 41.7 Å². The molecule has 0 aromatic carbocycles. The summed E-state index contributed by atoms with van der Waals surface area (Å²) in [5.41, 5.74) is 3.19. The molecule has 1 aliphatic carbocycles. The Morgan fingerprint density at radius 1 is 1.29 bits per heavy atom. The summed E-state index contributed by atoms with van der Waals surface area (Å²) in [6.45, 7) is 0. The fourth-order valence-electron chi connectivity index (χ4n) is 1.88. The predicted molar refractivity (Wildman–Crippen MR) is 54.1 cm³/mol. The van der Waals surface area contributed by atoms with Crippen molar-refractivity contribution in [3.8, 4) is 6.07 Å². The molecule has 0 aliphatic heterocycles. The van der Waals surface area contributed by atoms with Gasteiger partial charge in [0, 0.05) is 12.4 Å². The van der Waals surface area contributed by atoms with Gasteiger partial charge in [0.25, 0.3) is 0 Å². The quantitative estimate of drug-likeness (QED) is 0.666. The molecule has 1 saturated carbocycles. The number of nitriles is 1. The van der Waals surface area contributed by atoms with Gasteiger partial charge >= 0.3 is 0 Å². The van der Waals surface area contributed by atoms with Gasteiger partial charge in [0.15, 0.2) is 0 Å². The van der Waals surface area contributed by atoms with E-state index in [-0.39, 0.29) is 0 Å². The largest absolute Gasteiger partial charge is 0.323 e. The minimum absolute atomic E-state index is 0.751. The van der Waals surface area contributed by atoms with Crippen LogP contribution in [0.25, 0.3) is 5.52 Å². The second kappa shape index (κ2) is 2.62. The van der Waals surface area contributed by atoms with Gasteiger partial charge in [-0.3, -0.25) is 0 Å². The van der Waals surface area contributed by atoms with Crippen molar-refractivity contribution in [1.82, 2.24) is 4.40 Å². The molecule has 3 rings (SSSR count). The van der Waals surface area contributed by atoms with E-state index in [1.54, 1.807) is 0 Å². The molecule has 2 heterocycles. The molecule has 0 radical (unpaired) electrons. The molecule has 0 spiro atoms. The van der Waals surface area contributed by atoms with Crippen LogP contribution >= 0.6 is 0 Å². The lowest BCUT2D eigenvalue weighted by molar-refractivity contribution is 1.09. The van der Waals surface area contributed by atoms with E-state index in [0.717, 1.165) is 17.0 Å². The maximum absolute atomic E-state index is 8.91. The first-order valence-corrected chi connectivity index (χ1v) is 4.89. The van der Waals surface area contributed by atoms with E-state index in [1.165, 1.54) is 18.4 Å². The Hall–Kier alpha value is -1.75. The summed E-state index contributed by atoms with van der Waals surface area (Å²) < 4.78 is 2.00. The molecule has 0 amide bonds. The standard InChI is InChI=1S/C12H10N2/c13-8-11-4-6-14-5-3-10(7-12(11)14)9-1-2-9/h3-7,9H,1-2H2. The van der Waals surface area contributed by atoms with Gasteiger partial charge in [-0.2, -0.15) is 5.26 Å². The second-order valence-corrected chi connectivity index (χ2v) is 3.87. The maximum atomic E-state index is 8.91. The van der Waals surface area contributed by atoms with E-state index in [9.17, 15) is 0 Å². The van der Waals surface area contributed by atoms with Crippen LogP contribution in [0.1, 0.15) is 29.9 Å². The molecular formula is C12H10N2. The summed E-state index contributed by atoms with van der Waals surface area (Å²) in [5.74, 6) is 0.751. The van der Waals surface area contributed by atoms with Gasteiger partial charge in [0.2, 0.25) is 0 Å². The molecule has 0 saturated heterocycles. The van der Waals surface area contributed by atoms with Gasteiger partial charge in [0.1, 0.15) is 6.07 Å². The van der Waals surface area contributed by atoms with E-state index in [2.05, 4.69) is 18.2 Å². The average Bonchev–Trinajstić information content (AvgIpc) is 2.98. The molecule has 1 aliphatic rings. The Balaban J connectivity index is 2.24. The molecule has 0 bridgehead atoms. The zero-order valence-corrected chi connectivity index (χ0v) is 7.77. The first kappa shape index (κ1) is 7.64. The highest BCUT2D eigenvalue weighted by atomic mass is 14.9. The molecule has 0 unspecified atom stereocenters. The molecule has 0 N–H and O–H groups in total. The number of fused-ring (bicyclic) bond motifs is 1. The van der Waals surface area contributed by atoms with E-state index in [1.807, 2.05) is 22.9 Å². The second-order valence-electron chi connectivity index (χ2n) is 3.87. The molecule has 14 heavy (non-hydrogen) atoms. The third-order valence-corrected chi connectivity index (χ3v) is 2.86. The van der Waals surface area contributed by atoms with Crippen molar-refractivity contribution in [2.45, 2.75) is 18.8 Å². The molecule has 0 atom stereocenters. The van der Waals surface area contributed by atoms with Crippen LogP contribution < -0.4 is 0 Å². The van der Waals surface area contributed by atoms with Gasteiger partial charge in [-0.25, -0.2) is 0 Å². The van der Waals surface area contributed by atoms with E-state index in [4.69, 9.17) is 5.26 Å². The van der Waals surface area contributed by atoms with Crippen LogP contribution in [0.4, 0.5) is 0 Å². The van der Waals surface area contributed by atoms with Crippen LogP contribution in [0.3, 0.4) is 0 Å². The number of pyridine rings is 1. The third kappa shape index (κ3) is 1.03. The summed E-state index contributed by atoms with van der Waals surface area (Å²) in [6.07, 6.45) is 6.59. The first-order chi connectivity index (χ1) is 6.88. The van der Waals surface area contributed by atoms with E-state index < -0.39 is 0 Å². The number of rotatable bonds is 1. The summed E-state index contributed by atoms with van der Waals surface area (Å²) in [7, 11) is 0. The zero-order chi connectivity index (χ0) is 9.54. The third-order valence-electron chi connectivity index (χ3n) is 2.86. The van der Waals surface area contributed by atoms with Gasteiger partial charge in [-0.1, -0.05) is 0 Å². The summed E-state index contributed by atoms with van der Waals surface area (Å²) in [6, 6.07) is 8.39. The topological polar surface area (TPSA) is 28.2 Å². The monoisotopic (exact) mass is 182 g/mol. The Kier molecular flexibility index (Phi) is 1.43. The SMILES string of the molecule is N#Cc1ccn2ccc(C3CC3)cc12. The predicted octanol–water partition coefficient (Wildman–Crippen LogP) is 2.69. The van der Waals surface area contributed by atoms with Crippen molar-refractivity contribution in [3.63, 3.8) is 0 Å². The van der Waals surface area contributed by atoms with Crippen molar-refractivity contribution in [2.24, 2.45) is 0 Å². The lowest BCUT2D eigenvalue weighted by Gasteiger charge is -2.00. The summed E-state index contributed by atoms with van der Waals surface area (Å²) >= 11 is 0. The highest BCUT2D eigenvalue weighted by molar-refractivity contribution is 5.63. The van der Waals surface area contributed by atoms with Gasteiger partial charge in [-0.15, -0.1) is 0 Å². The maximum Gasteiger partial charge on any atom is 0.101 e. The van der Waals surface area contributed by atoms with Crippen LogP contribution in [0.15, 0.2) is 30.6 Å².